The normalized spacial score (nSPS) is 10.5. The van der Waals surface area contributed by atoms with Crippen LogP contribution in [0.15, 0.2) is 42.0 Å². The van der Waals surface area contributed by atoms with Crippen LogP contribution in [0.3, 0.4) is 0 Å². The number of rotatable bonds is 3. The fourth-order valence-corrected chi connectivity index (χ4v) is 2.58. The first-order valence-electron chi connectivity index (χ1n) is 5.98. The monoisotopic (exact) mass is 299 g/mol. The molecule has 0 fully saturated rings. The number of benzene rings is 1. The summed E-state index contributed by atoms with van der Waals surface area (Å²) in [6, 6.07) is 8.18. The number of anilines is 1. The summed E-state index contributed by atoms with van der Waals surface area (Å²) in [7, 11) is 0. The van der Waals surface area contributed by atoms with Gasteiger partial charge in [0.2, 0.25) is 0 Å². The molecule has 1 aromatic carbocycles. The highest BCUT2D eigenvalue weighted by Gasteiger charge is 2.14. The predicted molar refractivity (Wildman–Crippen MR) is 78.8 cm³/mol. The molecule has 7 heteroatoms. The summed E-state index contributed by atoms with van der Waals surface area (Å²) in [5, 5.41) is 11.6. The van der Waals surface area contributed by atoms with Crippen molar-refractivity contribution in [1.82, 2.24) is 9.97 Å². The van der Waals surface area contributed by atoms with Gasteiger partial charge < -0.3 is 10.4 Å². The number of aromatic nitrogens is 2. The van der Waals surface area contributed by atoms with Crippen molar-refractivity contribution >= 4 is 39.1 Å². The quantitative estimate of drug-likeness (QED) is 0.775. The lowest BCUT2D eigenvalue weighted by atomic mass is 10.2. The Bertz CT molecular complexity index is 844. The SMILES string of the molecule is O=C(Nc1cccnc1C(=O)O)c1ccc2ncsc2c1. The highest BCUT2D eigenvalue weighted by molar-refractivity contribution is 7.16. The molecule has 0 aliphatic heterocycles. The Balaban J connectivity index is 1.91. The van der Waals surface area contributed by atoms with E-state index in [0.717, 1.165) is 10.2 Å². The Kier molecular flexibility index (Phi) is 3.33. The van der Waals surface area contributed by atoms with E-state index in [0.29, 0.717) is 5.56 Å². The number of hydrogen-bond acceptors (Lipinski definition) is 5. The second kappa shape index (κ2) is 5.29. The summed E-state index contributed by atoms with van der Waals surface area (Å²) in [5.74, 6) is -1.58. The third kappa shape index (κ3) is 2.59. The van der Waals surface area contributed by atoms with Crippen molar-refractivity contribution in [2.24, 2.45) is 0 Å². The minimum absolute atomic E-state index is 0.166. The molecule has 6 nitrogen and oxygen atoms in total. The van der Waals surface area contributed by atoms with Crippen molar-refractivity contribution < 1.29 is 14.7 Å². The lowest BCUT2D eigenvalue weighted by molar-refractivity contribution is 0.0692. The molecule has 0 bridgehead atoms. The average molecular weight is 299 g/mol. The molecule has 3 aromatic rings. The first-order chi connectivity index (χ1) is 10.1. The number of nitrogens with one attached hydrogen (secondary N) is 1. The minimum Gasteiger partial charge on any atom is -0.476 e. The zero-order chi connectivity index (χ0) is 14.8. The number of aromatic carboxylic acids is 1. The molecule has 0 atom stereocenters. The highest BCUT2D eigenvalue weighted by Crippen LogP contribution is 2.20. The second-order valence-electron chi connectivity index (χ2n) is 4.19. The molecule has 0 aliphatic carbocycles. The molecule has 0 radical (unpaired) electrons. The van der Waals surface area contributed by atoms with Crippen LogP contribution < -0.4 is 5.32 Å². The summed E-state index contributed by atoms with van der Waals surface area (Å²) >= 11 is 1.44. The van der Waals surface area contributed by atoms with E-state index in [4.69, 9.17) is 5.11 Å². The molecule has 1 amide bonds. The fraction of sp³-hybridized carbons (Fsp3) is 0. The van der Waals surface area contributed by atoms with Crippen molar-refractivity contribution in [3.63, 3.8) is 0 Å². The van der Waals surface area contributed by atoms with Crippen LogP contribution in [0, 0.1) is 0 Å². The largest absolute Gasteiger partial charge is 0.476 e. The van der Waals surface area contributed by atoms with Crippen LogP contribution in [0.1, 0.15) is 20.8 Å². The maximum absolute atomic E-state index is 12.2. The van der Waals surface area contributed by atoms with Crippen molar-refractivity contribution in [2.75, 3.05) is 5.32 Å². The number of thiazole rings is 1. The Morgan fingerprint density at radius 1 is 1.19 bits per heavy atom. The highest BCUT2D eigenvalue weighted by atomic mass is 32.1. The number of carbonyl (C=O) groups is 2. The van der Waals surface area contributed by atoms with Gasteiger partial charge in [-0.1, -0.05) is 0 Å². The average Bonchev–Trinajstić information content (AvgIpc) is 2.94. The van der Waals surface area contributed by atoms with E-state index in [2.05, 4.69) is 15.3 Å². The molecule has 0 saturated carbocycles. The van der Waals surface area contributed by atoms with E-state index in [-0.39, 0.29) is 17.3 Å². The summed E-state index contributed by atoms with van der Waals surface area (Å²) in [5.41, 5.74) is 2.94. The molecular formula is C14H9N3O3S. The van der Waals surface area contributed by atoms with E-state index < -0.39 is 5.97 Å². The minimum atomic E-state index is -1.19. The number of carbonyl (C=O) groups excluding carboxylic acids is 1. The van der Waals surface area contributed by atoms with E-state index in [1.54, 1.807) is 29.8 Å². The van der Waals surface area contributed by atoms with Gasteiger partial charge in [0.15, 0.2) is 5.69 Å². The maximum Gasteiger partial charge on any atom is 0.356 e. The van der Waals surface area contributed by atoms with Gasteiger partial charge >= 0.3 is 5.97 Å². The zero-order valence-electron chi connectivity index (χ0n) is 10.6. The molecule has 0 saturated heterocycles. The van der Waals surface area contributed by atoms with Crippen LogP contribution in [-0.2, 0) is 0 Å². The van der Waals surface area contributed by atoms with Gasteiger partial charge in [0.05, 0.1) is 21.4 Å². The van der Waals surface area contributed by atoms with Crippen LogP contribution in [0.25, 0.3) is 10.2 Å². The van der Waals surface area contributed by atoms with Gasteiger partial charge in [0, 0.05) is 11.8 Å². The van der Waals surface area contributed by atoms with E-state index >= 15 is 0 Å². The van der Waals surface area contributed by atoms with Crippen molar-refractivity contribution in [2.45, 2.75) is 0 Å². The molecule has 0 unspecified atom stereocenters. The number of hydrogen-bond donors (Lipinski definition) is 2. The van der Waals surface area contributed by atoms with Crippen LogP contribution in [0.2, 0.25) is 0 Å². The molecule has 2 N–H and O–H groups in total. The van der Waals surface area contributed by atoms with Gasteiger partial charge in [-0.3, -0.25) is 4.79 Å². The number of fused-ring (bicyclic) bond motifs is 1. The second-order valence-corrected chi connectivity index (χ2v) is 5.08. The van der Waals surface area contributed by atoms with Gasteiger partial charge in [-0.05, 0) is 30.3 Å². The van der Waals surface area contributed by atoms with Crippen molar-refractivity contribution in [1.29, 1.82) is 0 Å². The predicted octanol–water partition coefficient (Wildman–Crippen LogP) is 2.64. The van der Waals surface area contributed by atoms with E-state index in [9.17, 15) is 9.59 Å². The number of carboxylic acid groups (broad SMARTS) is 1. The zero-order valence-corrected chi connectivity index (χ0v) is 11.4. The van der Waals surface area contributed by atoms with Crippen molar-refractivity contribution in [3.8, 4) is 0 Å². The molecule has 2 heterocycles. The fourth-order valence-electron chi connectivity index (χ4n) is 1.87. The van der Waals surface area contributed by atoms with Crippen LogP contribution >= 0.6 is 11.3 Å². The standard InChI is InChI=1S/C14H9N3O3S/c18-13(8-3-4-9-11(6-8)21-7-16-9)17-10-2-1-5-15-12(10)14(19)20/h1-7H,(H,17,18)(H,19,20). The van der Waals surface area contributed by atoms with Crippen LogP contribution in [0.4, 0.5) is 5.69 Å². The van der Waals surface area contributed by atoms with Crippen LogP contribution in [0.5, 0.6) is 0 Å². The first kappa shape index (κ1) is 13.2. The molecule has 0 spiro atoms. The first-order valence-corrected chi connectivity index (χ1v) is 6.86. The van der Waals surface area contributed by atoms with Gasteiger partial charge in [-0.2, -0.15) is 0 Å². The number of amides is 1. The topological polar surface area (TPSA) is 92.2 Å². The Hall–Kier alpha value is -2.80. The Morgan fingerprint density at radius 2 is 2.05 bits per heavy atom. The third-order valence-corrected chi connectivity index (χ3v) is 3.64. The maximum atomic E-state index is 12.2. The molecule has 104 valence electrons. The molecule has 2 aromatic heterocycles. The molecule has 0 aliphatic rings. The number of nitrogens with zero attached hydrogens (tertiary/aromatic N) is 2. The summed E-state index contributed by atoms with van der Waals surface area (Å²) < 4.78 is 0.896. The lowest BCUT2D eigenvalue weighted by Crippen LogP contribution is -2.15. The third-order valence-electron chi connectivity index (χ3n) is 2.85. The number of pyridine rings is 1. The lowest BCUT2D eigenvalue weighted by Gasteiger charge is -2.07. The van der Waals surface area contributed by atoms with Gasteiger partial charge in [0.1, 0.15) is 0 Å². The summed E-state index contributed by atoms with van der Waals surface area (Å²) in [6.45, 7) is 0. The Labute approximate surface area is 123 Å². The van der Waals surface area contributed by atoms with E-state index in [1.165, 1.54) is 23.6 Å². The summed E-state index contributed by atoms with van der Waals surface area (Å²) in [4.78, 5) is 31.2. The van der Waals surface area contributed by atoms with Crippen molar-refractivity contribution in [3.05, 3.63) is 53.3 Å². The summed E-state index contributed by atoms with van der Waals surface area (Å²) in [6.07, 6.45) is 1.36. The van der Waals surface area contributed by atoms with Gasteiger partial charge in [-0.15, -0.1) is 11.3 Å². The molecule has 21 heavy (non-hydrogen) atoms. The molecule has 3 rings (SSSR count). The Morgan fingerprint density at radius 3 is 2.86 bits per heavy atom. The molecular weight excluding hydrogens is 290 g/mol. The smallest absolute Gasteiger partial charge is 0.356 e. The van der Waals surface area contributed by atoms with E-state index in [1.807, 2.05) is 0 Å². The van der Waals surface area contributed by atoms with Gasteiger partial charge in [-0.25, -0.2) is 14.8 Å². The van der Waals surface area contributed by atoms with Gasteiger partial charge in [0.25, 0.3) is 5.91 Å². The van der Waals surface area contributed by atoms with Crippen LogP contribution in [-0.4, -0.2) is 27.0 Å². The number of carboxylic acids is 1.